The highest BCUT2D eigenvalue weighted by atomic mass is 32.1. The molecule has 6 heteroatoms. The zero-order valence-corrected chi connectivity index (χ0v) is 16.9. The van der Waals surface area contributed by atoms with Crippen molar-refractivity contribution in [2.24, 2.45) is 0 Å². The molecule has 1 aliphatic rings. The summed E-state index contributed by atoms with van der Waals surface area (Å²) >= 11 is 1.39. The molecule has 0 spiro atoms. The lowest BCUT2D eigenvalue weighted by Crippen LogP contribution is -2.29. The fraction of sp³-hybridized carbons (Fsp3) is 0.217. The Morgan fingerprint density at radius 3 is 2.00 bits per heavy atom. The molecular formula is C23H23N3O2S. The van der Waals surface area contributed by atoms with E-state index in [0.29, 0.717) is 16.1 Å². The van der Waals surface area contributed by atoms with Crippen LogP contribution < -0.4 is 15.5 Å². The Morgan fingerprint density at radius 1 is 0.759 bits per heavy atom. The van der Waals surface area contributed by atoms with Gasteiger partial charge in [-0.3, -0.25) is 9.59 Å². The predicted molar refractivity (Wildman–Crippen MR) is 119 cm³/mol. The summed E-state index contributed by atoms with van der Waals surface area (Å²) in [6.07, 6.45) is 3.78. The van der Waals surface area contributed by atoms with Crippen LogP contribution in [-0.4, -0.2) is 24.9 Å². The number of nitrogens with zero attached hydrogens (tertiary/aromatic N) is 1. The number of amides is 2. The van der Waals surface area contributed by atoms with Gasteiger partial charge in [0.05, 0.1) is 4.88 Å². The van der Waals surface area contributed by atoms with Gasteiger partial charge in [0.25, 0.3) is 11.8 Å². The third-order valence-electron chi connectivity index (χ3n) is 5.00. The largest absolute Gasteiger partial charge is 0.372 e. The highest BCUT2D eigenvalue weighted by molar-refractivity contribution is 7.12. The van der Waals surface area contributed by atoms with Gasteiger partial charge in [-0.05, 0) is 79.2 Å². The van der Waals surface area contributed by atoms with Gasteiger partial charge in [-0.15, -0.1) is 11.3 Å². The average Bonchev–Trinajstić information content (AvgIpc) is 3.31. The fourth-order valence-electron chi connectivity index (χ4n) is 3.42. The minimum Gasteiger partial charge on any atom is -0.372 e. The van der Waals surface area contributed by atoms with Crippen molar-refractivity contribution in [1.82, 2.24) is 0 Å². The molecule has 0 radical (unpaired) electrons. The third-order valence-corrected chi connectivity index (χ3v) is 5.86. The minimum absolute atomic E-state index is 0.147. The molecule has 5 nitrogen and oxygen atoms in total. The summed E-state index contributed by atoms with van der Waals surface area (Å²) in [4.78, 5) is 27.6. The second kappa shape index (κ2) is 8.92. The van der Waals surface area contributed by atoms with E-state index in [4.69, 9.17) is 0 Å². The smallest absolute Gasteiger partial charge is 0.265 e. The molecule has 0 saturated carbocycles. The number of rotatable bonds is 5. The summed E-state index contributed by atoms with van der Waals surface area (Å²) in [5.74, 6) is -0.321. The SMILES string of the molecule is O=C(Nc1ccc(N2CCCCC2)cc1)c1ccc(NC(=O)c2cccs2)cc1. The van der Waals surface area contributed by atoms with Gasteiger partial charge in [0.2, 0.25) is 0 Å². The monoisotopic (exact) mass is 405 g/mol. The maximum absolute atomic E-state index is 12.5. The van der Waals surface area contributed by atoms with Crippen LogP contribution in [0.25, 0.3) is 0 Å². The summed E-state index contributed by atoms with van der Waals surface area (Å²) in [5, 5.41) is 7.62. The first kappa shape index (κ1) is 19.2. The Labute approximate surface area is 174 Å². The third kappa shape index (κ3) is 4.84. The second-order valence-corrected chi connectivity index (χ2v) is 8.01. The van der Waals surface area contributed by atoms with Gasteiger partial charge in [0.15, 0.2) is 0 Å². The molecule has 0 unspecified atom stereocenters. The Kier molecular flexibility index (Phi) is 5.91. The molecule has 1 aliphatic heterocycles. The first-order valence-corrected chi connectivity index (χ1v) is 10.7. The van der Waals surface area contributed by atoms with Gasteiger partial charge in [-0.2, -0.15) is 0 Å². The first-order chi connectivity index (χ1) is 14.2. The molecule has 2 amide bonds. The van der Waals surface area contributed by atoms with Gasteiger partial charge in [0.1, 0.15) is 0 Å². The zero-order chi connectivity index (χ0) is 20.1. The van der Waals surface area contributed by atoms with Crippen LogP contribution >= 0.6 is 11.3 Å². The van der Waals surface area contributed by atoms with E-state index in [2.05, 4.69) is 27.7 Å². The maximum atomic E-state index is 12.5. The highest BCUT2D eigenvalue weighted by Crippen LogP contribution is 2.22. The Hall–Kier alpha value is -3.12. The molecular weight excluding hydrogens is 382 g/mol. The topological polar surface area (TPSA) is 61.4 Å². The number of benzene rings is 2. The van der Waals surface area contributed by atoms with Crippen LogP contribution in [0.1, 0.15) is 39.3 Å². The number of anilines is 3. The van der Waals surface area contributed by atoms with Crippen molar-refractivity contribution in [3.8, 4) is 0 Å². The molecule has 0 atom stereocenters. The number of carbonyl (C=O) groups excluding carboxylic acids is 2. The average molecular weight is 406 g/mol. The molecule has 1 fully saturated rings. The van der Waals surface area contributed by atoms with Crippen LogP contribution in [0.5, 0.6) is 0 Å². The maximum Gasteiger partial charge on any atom is 0.265 e. The molecule has 2 heterocycles. The number of thiophene rings is 1. The fourth-order valence-corrected chi connectivity index (χ4v) is 4.04. The van der Waals surface area contributed by atoms with Crippen molar-refractivity contribution < 1.29 is 9.59 Å². The first-order valence-electron chi connectivity index (χ1n) is 9.80. The van der Waals surface area contributed by atoms with Gasteiger partial charge < -0.3 is 15.5 Å². The molecule has 4 rings (SSSR count). The van der Waals surface area contributed by atoms with Crippen LogP contribution in [0.2, 0.25) is 0 Å². The summed E-state index contributed by atoms with van der Waals surface area (Å²) < 4.78 is 0. The molecule has 2 aromatic carbocycles. The molecule has 0 aliphatic carbocycles. The summed E-state index contributed by atoms with van der Waals surface area (Å²) in [6.45, 7) is 2.20. The lowest BCUT2D eigenvalue weighted by Gasteiger charge is -2.28. The zero-order valence-electron chi connectivity index (χ0n) is 16.1. The van der Waals surface area contributed by atoms with E-state index >= 15 is 0 Å². The number of hydrogen-bond acceptors (Lipinski definition) is 4. The van der Waals surface area contributed by atoms with Crippen molar-refractivity contribution >= 4 is 40.2 Å². The van der Waals surface area contributed by atoms with Gasteiger partial charge in [0, 0.05) is 35.7 Å². The molecule has 2 N–H and O–H groups in total. The van der Waals surface area contributed by atoms with Crippen molar-refractivity contribution in [3.05, 3.63) is 76.5 Å². The van der Waals surface area contributed by atoms with E-state index in [-0.39, 0.29) is 11.8 Å². The van der Waals surface area contributed by atoms with Crippen molar-refractivity contribution in [2.75, 3.05) is 28.6 Å². The lowest BCUT2D eigenvalue weighted by atomic mass is 10.1. The number of hydrogen-bond donors (Lipinski definition) is 2. The van der Waals surface area contributed by atoms with Crippen molar-refractivity contribution in [3.63, 3.8) is 0 Å². The van der Waals surface area contributed by atoms with Gasteiger partial charge in [-0.1, -0.05) is 6.07 Å². The molecule has 1 saturated heterocycles. The van der Waals surface area contributed by atoms with Crippen LogP contribution in [0, 0.1) is 0 Å². The Morgan fingerprint density at radius 2 is 1.38 bits per heavy atom. The molecule has 3 aromatic rings. The number of nitrogens with one attached hydrogen (secondary N) is 2. The van der Waals surface area contributed by atoms with Crippen LogP contribution in [0.4, 0.5) is 17.1 Å². The second-order valence-electron chi connectivity index (χ2n) is 7.06. The van der Waals surface area contributed by atoms with Crippen LogP contribution in [-0.2, 0) is 0 Å². The lowest BCUT2D eigenvalue weighted by molar-refractivity contribution is 0.102. The van der Waals surface area contributed by atoms with Gasteiger partial charge >= 0.3 is 0 Å². The normalized spacial score (nSPS) is 13.7. The van der Waals surface area contributed by atoms with Crippen LogP contribution in [0.3, 0.4) is 0 Å². The van der Waals surface area contributed by atoms with Crippen molar-refractivity contribution in [1.29, 1.82) is 0 Å². The van der Waals surface area contributed by atoms with E-state index in [9.17, 15) is 9.59 Å². The Balaban J connectivity index is 1.35. The van der Waals surface area contributed by atoms with E-state index in [1.165, 1.54) is 36.3 Å². The van der Waals surface area contributed by atoms with E-state index in [0.717, 1.165) is 18.8 Å². The molecule has 29 heavy (non-hydrogen) atoms. The highest BCUT2D eigenvalue weighted by Gasteiger charge is 2.12. The standard InChI is InChI=1S/C23H23N3O2S/c27-22(24-19-10-12-20(13-11-19)26-14-2-1-3-15-26)17-6-8-18(9-7-17)25-23(28)21-5-4-16-29-21/h4-13,16H,1-3,14-15H2,(H,24,27)(H,25,28). The molecule has 0 bridgehead atoms. The van der Waals surface area contributed by atoms with E-state index in [1.54, 1.807) is 30.3 Å². The summed E-state index contributed by atoms with van der Waals surface area (Å²) in [7, 11) is 0. The Bertz CT molecular complexity index is 960. The van der Waals surface area contributed by atoms with Crippen molar-refractivity contribution in [2.45, 2.75) is 19.3 Å². The number of piperidine rings is 1. The van der Waals surface area contributed by atoms with E-state index < -0.39 is 0 Å². The summed E-state index contributed by atoms with van der Waals surface area (Å²) in [6, 6.07) is 18.5. The summed E-state index contributed by atoms with van der Waals surface area (Å²) in [5.41, 5.74) is 3.17. The number of carbonyl (C=O) groups is 2. The van der Waals surface area contributed by atoms with Crippen LogP contribution in [0.15, 0.2) is 66.0 Å². The molecule has 1 aromatic heterocycles. The van der Waals surface area contributed by atoms with E-state index in [1.807, 2.05) is 23.6 Å². The predicted octanol–water partition coefficient (Wildman–Crippen LogP) is 5.24. The molecule has 148 valence electrons. The van der Waals surface area contributed by atoms with Gasteiger partial charge in [-0.25, -0.2) is 0 Å². The quantitative estimate of drug-likeness (QED) is 0.610. The minimum atomic E-state index is -0.174.